The van der Waals surface area contributed by atoms with E-state index in [0.29, 0.717) is 11.5 Å². The molecule has 2 aliphatic carbocycles. The molecule has 0 amide bonds. The van der Waals surface area contributed by atoms with Gasteiger partial charge in [0.1, 0.15) is 11.6 Å². The van der Waals surface area contributed by atoms with Crippen molar-refractivity contribution in [2.75, 3.05) is 13.7 Å². The summed E-state index contributed by atoms with van der Waals surface area (Å²) in [5.74, 6) is 1.59. The van der Waals surface area contributed by atoms with Gasteiger partial charge in [-0.25, -0.2) is 4.39 Å². The number of benzene rings is 2. The quantitative estimate of drug-likeness (QED) is 0.603. The molecule has 2 aromatic carbocycles. The molecular weight excluding hydrogens is 417 g/mol. The Balaban J connectivity index is 0.00000192. The highest BCUT2D eigenvalue weighted by atomic mass is 79.9. The molecule has 0 aromatic heterocycles. The number of fused-ring (bicyclic) bond motifs is 1. The van der Waals surface area contributed by atoms with Gasteiger partial charge < -0.3 is 4.74 Å². The number of hydrogen-bond acceptors (Lipinski definition) is 2. The van der Waals surface area contributed by atoms with Gasteiger partial charge in [0.15, 0.2) is 0 Å². The SMILES string of the molecule is Br.COc1ccc2c(c1)[C@@]13CCCC[C@H]1[C@H](C2)N(Cc1ccc(F)cc1)CC3. The van der Waals surface area contributed by atoms with E-state index in [9.17, 15) is 4.39 Å². The molecular formula is C24H29BrFNO. The molecule has 1 aliphatic heterocycles. The van der Waals surface area contributed by atoms with Gasteiger partial charge in [-0.15, -0.1) is 17.0 Å². The maximum Gasteiger partial charge on any atom is 0.123 e. The zero-order valence-electron chi connectivity index (χ0n) is 16.5. The van der Waals surface area contributed by atoms with Crippen LogP contribution in [0.15, 0.2) is 42.5 Å². The predicted octanol–water partition coefficient (Wildman–Crippen LogP) is 5.67. The summed E-state index contributed by atoms with van der Waals surface area (Å²) in [4.78, 5) is 2.68. The smallest absolute Gasteiger partial charge is 0.123 e. The lowest BCUT2D eigenvalue weighted by Gasteiger charge is -2.59. The van der Waals surface area contributed by atoms with Crippen molar-refractivity contribution in [1.82, 2.24) is 4.90 Å². The van der Waals surface area contributed by atoms with Gasteiger partial charge in [-0.1, -0.05) is 31.0 Å². The van der Waals surface area contributed by atoms with E-state index in [0.717, 1.165) is 31.2 Å². The van der Waals surface area contributed by atoms with Crippen LogP contribution in [0.25, 0.3) is 0 Å². The Labute approximate surface area is 177 Å². The van der Waals surface area contributed by atoms with Crippen molar-refractivity contribution in [2.24, 2.45) is 5.92 Å². The van der Waals surface area contributed by atoms with Crippen LogP contribution in [0.5, 0.6) is 5.75 Å². The van der Waals surface area contributed by atoms with Crippen LogP contribution in [0.1, 0.15) is 48.8 Å². The van der Waals surface area contributed by atoms with Crippen molar-refractivity contribution in [1.29, 1.82) is 0 Å². The van der Waals surface area contributed by atoms with Crippen molar-refractivity contribution in [3.63, 3.8) is 0 Å². The van der Waals surface area contributed by atoms with Gasteiger partial charge in [0, 0.05) is 18.0 Å². The van der Waals surface area contributed by atoms with Gasteiger partial charge in [-0.2, -0.15) is 0 Å². The number of methoxy groups -OCH3 is 1. The molecule has 2 aromatic rings. The monoisotopic (exact) mass is 445 g/mol. The first-order valence-corrected chi connectivity index (χ1v) is 10.4. The van der Waals surface area contributed by atoms with Crippen LogP contribution < -0.4 is 4.74 Å². The lowest BCUT2D eigenvalue weighted by molar-refractivity contribution is -0.0157. The molecule has 0 unspecified atom stereocenters. The molecule has 28 heavy (non-hydrogen) atoms. The minimum Gasteiger partial charge on any atom is -0.497 e. The third kappa shape index (κ3) is 3.19. The molecule has 0 spiro atoms. The molecule has 5 rings (SSSR count). The summed E-state index contributed by atoms with van der Waals surface area (Å²) < 4.78 is 18.9. The fourth-order valence-electron chi connectivity index (χ4n) is 6.21. The second-order valence-corrected chi connectivity index (χ2v) is 8.65. The van der Waals surface area contributed by atoms with Crippen molar-refractivity contribution in [2.45, 2.75) is 56.5 Å². The highest BCUT2D eigenvalue weighted by molar-refractivity contribution is 8.93. The van der Waals surface area contributed by atoms with Gasteiger partial charge in [0.25, 0.3) is 0 Å². The third-order valence-corrected chi connectivity index (χ3v) is 7.46. The molecule has 1 saturated heterocycles. The molecule has 4 heteroatoms. The summed E-state index contributed by atoms with van der Waals surface area (Å²) in [7, 11) is 1.77. The van der Waals surface area contributed by atoms with Crippen molar-refractivity contribution in [3.05, 3.63) is 65.0 Å². The van der Waals surface area contributed by atoms with Crippen LogP contribution in [0.3, 0.4) is 0 Å². The Hall–Kier alpha value is -1.39. The molecule has 1 heterocycles. The molecule has 1 saturated carbocycles. The zero-order chi connectivity index (χ0) is 18.4. The van der Waals surface area contributed by atoms with Crippen LogP contribution in [0.2, 0.25) is 0 Å². The van der Waals surface area contributed by atoms with E-state index >= 15 is 0 Å². The van der Waals surface area contributed by atoms with Gasteiger partial charge in [-0.05, 0) is 79.1 Å². The maximum absolute atomic E-state index is 13.3. The lowest BCUT2D eigenvalue weighted by Crippen LogP contribution is -2.60. The highest BCUT2D eigenvalue weighted by Gasteiger charge is 2.53. The molecule has 2 fully saturated rings. The summed E-state index contributed by atoms with van der Waals surface area (Å²) in [6.07, 6.45) is 7.72. The Bertz CT molecular complexity index is 839. The molecule has 150 valence electrons. The maximum atomic E-state index is 13.3. The van der Waals surface area contributed by atoms with Crippen LogP contribution in [-0.4, -0.2) is 24.6 Å². The number of piperidine rings is 1. The van der Waals surface area contributed by atoms with Crippen molar-refractivity contribution < 1.29 is 9.13 Å². The fourth-order valence-corrected chi connectivity index (χ4v) is 6.21. The van der Waals surface area contributed by atoms with Crippen LogP contribution in [-0.2, 0) is 18.4 Å². The first kappa shape index (κ1) is 19.9. The second-order valence-electron chi connectivity index (χ2n) is 8.65. The van der Waals surface area contributed by atoms with E-state index in [1.807, 2.05) is 12.1 Å². The number of ether oxygens (including phenoxy) is 1. The number of rotatable bonds is 3. The fraction of sp³-hybridized carbons (Fsp3) is 0.500. The first-order valence-electron chi connectivity index (χ1n) is 10.4. The van der Waals surface area contributed by atoms with Crippen molar-refractivity contribution in [3.8, 4) is 5.75 Å². The predicted molar refractivity (Wildman–Crippen MR) is 116 cm³/mol. The van der Waals surface area contributed by atoms with Crippen molar-refractivity contribution >= 4 is 17.0 Å². The topological polar surface area (TPSA) is 12.5 Å². The Morgan fingerprint density at radius 2 is 1.93 bits per heavy atom. The average Bonchev–Trinajstić information content (AvgIpc) is 2.71. The Kier molecular flexibility index (Phi) is 5.54. The van der Waals surface area contributed by atoms with E-state index < -0.39 is 0 Å². The summed E-state index contributed by atoms with van der Waals surface area (Å²) in [5.41, 5.74) is 4.65. The average molecular weight is 446 g/mol. The summed E-state index contributed by atoms with van der Waals surface area (Å²) in [5, 5.41) is 0. The minimum absolute atomic E-state index is 0. The van der Waals surface area contributed by atoms with Crippen LogP contribution >= 0.6 is 17.0 Å². The Morgan fingerprint density at radius 1 is 1.11 bits per heavy atom. The van der Waals surface area contributed by atoms with E-state index in [-0.39, 0.29) is 22.8 Å². The summed E-state index contributed by atoms with van der Waals surface area (Å²) in [6.45, 7) is 2.07. The first-order chi connectivity index (χ1) is 13.2. The number of halogens is 2. The van der Waals surface area contributed by atoms with Crippen LogP contribution in [0, 0.1) is 11.7 Å². The van der Waals surface area contributed by atoms with Crippen LogP contribution in [0.4, 0.5) is 4.39 Å². The summed E-state index contributed by atoms with van der Waals surface area (Å²) in [6, 6.07) is 14.4. The van der Waals surface area contributed by atoms with E-state index in [1.165, 1.54) is 43.2 Å². The normalized spacial score (nSPS) is 28.6. The lowest BCUT2D eigenvalue weighted by atomic mass is 9.52. The highest BCUT2D eigenvalue weighted by Crippen LogP contribution is 2.56. The van der Waals surface area contributed by atoms with E-state index in [2.05, 4.69) is 23.1 Å². The van der Waals surface area contributed by atoms with Gasteiger partial charge in [-0.3, -0.25) is 4.90 Å². The minimum atomic E-state index is -0.149. The standard InChI is InChI=1S/C24H28FNO.BrH/c1-27-20-10-7-18-14-23-21-4-2-3-11-24(21,22(18)15-20)12-13-26(23)16-17-5-8-19(25)9-6-17;/h5-10,15,21,23H,2-4,11-14,16H2,1H3;1H/t21-,23-,24+;/m0./s1. The largest absolute Gasteiger partial charge is 0.497 e. The molecule has 2 nitrogen and oxygen atoms in total. The van der Waals surface area contributed by atoms with Gasteiger partial charge in [0.2, 0.25) is 0 Å². The number of likely N-dealkylation sites (tertiary alicyclic amines) is 1. The number of hydrogen-bond donors (Lipinski definition) is 0. The molecule has 2 bridgehead atoms. The van der Waals surface area contributed by atoms with E-state index in [4.69, 9.17) is 4.74 Å². The van der Waals surface area contributed by atoms with Gasteiger partial charge >= 0.3 is 0 Å². The third-order valence-electron chi connectivity index (χ3n) is 7.46. The second kappa shape index (κ2) is 7.79. The Morgan fingerprint density at radius 3 is 2.71 bits per heavy atom. The van der Waals surface area contributed by atoms with E-state index in [1.54, 1.807) is 24.8 Å². The molecule has 3 aliphatic rings. The molecule has 0 N–H and O–H groups in total. The summed E-state index contributed by atoms with van der Waals surface area (Å²) >= 11 is 0. The van der Waals surface area contributed by atoms with Gasteiger partial charge in [0.05, 0.1) is 7.11 Å². The zero-order valence-corrected chi connectivity index (χ0v) is 18.2. The molecule has 0 radical (unpaired) electrons. The molecule has 3 atom stereocenters. The number of nitrogens with zero attached hydrogens (tertiary/aromatic N) is 1.